The van der Waals surface area contributed by atoms with Gasteiger partial charge in [0.05, 0.1) is 0 Å². The van der Waals surface area contributed by atoms with E-state index in [-0.39, 0.29) is 22.9 Å². The van der Waals surface area contributed by atoms with Crippen LogP contribution in [-0.2, 0) is 0 Å². The van der Waals surface area contributed by atoms with Gasteiger partial charge in [-0.05, 0) is 48.5 Å². The molecule has 1 heterocycles. The lowest BCUT2D eigenvalue weighted by Gasteiger charge is -2.09. The average Bonchev–Trinajstić information content (AvgIpc) is 3.08. The molecule has 162 valence electrons. The average molecular weight is 458 g/mol. The molecule has 4 aromatic rings. The highest BCUT2D eigenvalue weighted by Gasteiger charge is 2.22. The molecule has 4 N–H and O–H groups in total. The molecule has 0 aliphatic heterocycles. The smallest absolute Gasteiger partial charge is 0.323 e. The molecular weight excluding hydrogens is 443 g/mol. The zero-order valence-corrected chi connectivity index (χ0v) is 17.0. The summed E-state index contributed by atoms with van der Waals surface area (Å²) in [5.41, 5.74) is 7.07. The van der Waals surface area contributed by atoms with E-state index in [0.29, 0.717) is 16.3 Å². The van der Waals surface area contributed by atoms with Gasteiger partial charge in [0.25, 0.3) is 0 Å². The molecule has 0 unspecified atom stereocenters. The number of nitrogen functional groups attached to an aromatic ring is 1. The van der Waals surface area contributed by atoms with Crippen LogP contribution in [0.15, 0.2) is 66.7 Å². The van der Waals surface area contributed by atoms with Crippen molar-refractivity contribution >= 4 is 34.8 Å². The van der Waals surface area contributed by atoms with Crippen LogP contribution in [0.1, 0.15) is 0 Å². The van der Waals surface area contributed by atoms with E-state index in [2.05, 4.69) is 15.7 Å². The molecule has 0 saturated carbocycles. The molecular formula is C22H15ClF3N5O. The van der Waals surface area contributed by atoms with Crippen LogP contribution in [0.2, 0.25) is 5.02 Å². The quantitative estimate of drug-likeness (QED) is 0.360. The predicted octanol–water partition coefficient (Wildman–Crippen LogP) is 5.84. The third-order valence-electron chi connectivity index (χ3n) is 4.52. The van der Waals surface area contributed by atoms with Crippen molar-refractivity contribution in [1.82, 2.24) is 9.78 Å². The second-order valence-corrected chi connectivity index (χ2v) is 7.15. The lowest BCUT2D eigenvalue weighted by Crippen LogP contribution is -2.20. The first-order chi connectivity index (χ1) is 15.3. The molecule has 4 rings (SSSR count). The minimum Gasteiger partial charge on any atom is -0.382 e. The van der Waals surface area contributed by atoms with Crippen LogP contribution < -0.4 is 16.4 Å². The number of nitrogens with one attached hydrogen (secondary N) is 2. The Morgan fingerprint density at radius 2 is 1.56 bits per heavy atom. The highest BCUT2D eigenvalue weighted by molar-refractivity contribution is 6.30. The van der Waals surface area contributed by atoms with E-state index in [1.807, 2.05) is 0 Å². The van der Waals surface area contributed by atoms with Crippen LogP contribution in [-0.4, -0.2) is 15.8 Å². The van der Waals surface area contributed by atoms with Crippen LogP contribution in [0.4, 0.5) is 35.2 Å². The molecule has 0 aliphatic carbocycles. The monoisotopic (exact) mass is 457 g/mol. The van der Waals surface area contributed by atoms with Gasteiger partial charge in [0.15, 0.2) is 5.82 Å². The van der Waals surface area contributed by atoms with Crippen LogP contribution in [0.5, 0.6) is 0 Å². The summed E-state index contributed by atoms with van der Waals surface area (Å²) in [6.07, 6.45) is 0. The number of hydrogen-bond donors (Lipinski definition) is 3. The van der Waals surface area contributed by atoms with Gasteiger partial charge >= 0.3 is 6.03 Å². The summed E-state index contributed by atoms with van der Waals surface area (Å²) < 4.78 is 42.2. The first-order valence-electron chi connectivity index (χ1n) is 9.25. The van der Waals surface area contributed by atoms with Crippen molar-refractivity contribution in [3.63, 3.8) is 0 Å². The van der Waals surface area contributed by atoms with E-state index in [1.54, 1.807) is 24.3 Å². The number of hydrogen-bond acceptors (Lipinski definition) is 3. The highest BCUT2D eigenvalue weighted by Crippen LogP contribution is 2.35. The van der Waals surface area contributed by atoms with Gasteiger partial charge in [0.2, 0.25) is 0 Å². The molecule has 0 saturated heterocycles. The van der Waals surface area contributed by atoms with Gasteiger partial charge in [-0.3, -0.25) is 0 Å². The van der Waals surface area contributed by atoms with Gasteiger partial charge in [0.1, 0.15) is 34.5 Å². The zero-order chi connectivity index (χ0) is 22.8. The molecule has 0 bridgehead atoms. The molecule has 6 nitrogen and oxygen atoms in total. The van der Waals surface area contributed by atoms with Crippen LogP contribution in [0.3, 0.4) is 0 Å². The van der Waals surface area contributed by atoms with E-state index >= 15 is 0 Å². The normalized spacial score (nSPS) is 10.8. The fourth-order valence-corrected chi connectivity index (χ4v) is 3.13. The Labute approximate surface area is 185 Å². The van der Waals surface area contributed by atoms with Gasteiger partial charge in [-0.15, -0.1) is 0 Å². The molecule has 3 aromatic carbocycles. The summed E-state index contributed by atoms with van der Waals surface area (Å²) in [5.74, 6) is -2.03. The maximum atomic E-state index is 14.4. The molecule has 32 heavy (non-hydrogen) atoms. The van der Waals surface area contributed by atoms with E-state index in [0.717, 1.165) is 22.9 Å². The van der Waals surface area contributed by atoms with Crippen molar-refractivity contribution in [2.24, 2.45) is 0 Å². The van der Waals surface area contributed by atoms with Crippen molar-refractivity contribution < 1.29 is 18.0 Å². The Hall–Kier alpha value is -3.98. The first kappa shape index (κ1) is 21.3. The molecule has 0 fully saturated rings. The minimum atomic E-state index is -0.759. The maximum Gasteiger partial charge on any atom is 0.323 e. The number of benzene rings is 3. The topological polar surface area (TPSA) is 85.0 Å². The number of anilines is 3. The van der Waals surface area contributed by atoms with Crippen molar-refractivity contribution in [2.75, 3.05) is 16.4 Å². The summed E-state index contributed by atoms with van der Waals surface area (Å²) in [4.78, 5) is 12.6. The lowest BCUT2D eigenvalue weighted by atomic mass is 10.1. The number of amides is 2. The molecule has 0 atom stereocenters. The number of halogens is 4. The van der Waals surface area contributed by atoms with Crippen LogP contribution in [0, 0.1) is 17.5 Å². The number of urea groups is 1. The number of carbonyl (C=O) groups is 1. The van der Waals surface area contributed by atoms with Gasteiger partial charge in [-0.2, -0.15) is 5.10 Å². The van der Waals surface area contributed by atoms with E-state index < -0.39 is 23.5 Å². The summed E-state index contributed by atoms with van der Waals surface area (Å²) in [6.45, 7) is 0. The fourth-order valence-electron chi connectivity index (χ4n) is 3.01. The second-order valence-electron chi connectivity index (χ2n) is 6.71. The Morgan fingerprint density at radius 3 is 2.25 bits per heavy atom. The van der Waals surface area contributed by atoms with Gasteiger partial charge in [0, 0.05) is 22.3 Å². The van der Waals surface area contributed by atoms with Crippen molar-refractivity contribution in [3.05, 3.63) is 89.2 Å². The predicted molar refractivity (Wildman–Crippen MR) is 117 cm³/mol. The lowest BCUT2D eigenvalue weighted by molar-refractivity contribution is 0.262. The summed E-state index contributed by atoms with van der Waals surface area (Å²) in [6, 6.07) is 13.8. The van der Waals surface area contributed by atoms with Gasteiger partial charge in [-0.1, -0.05) is 23.7 Å². The minimum absolute atomic E-state index is 0.0654. The first-order valence-corrected chi connectivity index (χ1v) is 9.63. The van der Waals surface area contributed by atoms with E-state index in [1.165, 1.54) is 24.3 Å². The molecule has 0 spiro atoms. The molecule has 0 radical (unpaired) electrons. The van der Waals surface area contributed by atoms with Gasteiger partial charge in [-0.25, -0.2) is 22.6 Å². The number of carbonyl (C=O) groups excluding carboxylic acids is 1. The molecule has 0 aliphatic rings. The molecule has 2 amide bonds. The van der Waals surface area contributed by atoms with E-state index in [9.17, 15) is 18.0 Å². The zero-order valence-electron chi connectivity index (χ0n) is 16.2. The number of aromatic nitrogens is 2. The number of nitrogens with two attached hydrogens (primary N) is 1. The molecule has 10 heteroatoms. The van der Waals surface area contributed by atoms with Crippen molar-refractivity contribution in [2.45, 2.75) is 0 Å². The Balaban J connectivity index is 1.76. The SMILES string of the molecule is Nc1c(NC(=O)Nc2ccc(F)cc2)c(-c2ccc(Cl)cc2)nn1-c1cc(F)ccc1F. The van der Waals surface area contributed by atoms with Crippen LogP contribution >= 0.6 is 11.6 Å². The number of nitrogens with zero attached hydrogens (tertiary/aromatic N) is 2. The van der Waals surface area contributed by atoms with Crippen LogP contribution in [0.25, 0.3) is 16.9 Å². The van der Waals surface area contributed by atoms with Crippen molar-refractivity contribution in [1.29, 1.82) is 0 Å². The Morgan fingerprint density at radius 1 is 0.906 bits per heavy atom. The summed E-state index contributed by atoms with van der Waals surface area (Å²) >= 11 is 5.95. The third kappa shape index (κ3) is 4.37. The summed E-state index contributed by atoms with van der Waals surface area (Å²) in [7, 11) is 0. The number of rotatable bonds is 4. The standard InChI is InChI=1S/C22H15ClF3N5O/c23-13-3-1-12(2-4-13)19-20(29-22(32)28-16-8-5-14(24)6-9-16)21(27)31(30-19)18-11-15(25)7-10-17(18)26/h1-11H,27H2,(H2,28,29,32). The van der Waals surface area contributed by atoms with Crippen molar-refractivity contribution in [3.8, 4) is 16.9 Å². The van der Waals surface area contributed by atoms with E-state index in [4.69, 9.17) is 17.3 Å². The maximum absolute atomic E-state index is 14.4. The fraction of sp³-hybridized carbons (Fsp3) is 0. The highest BCUT2D eigenvalue weighted by atomic mass is 35.5. The Kier molecular flexibility index (Phi) is 5.74. The molecule has 1 aromatic heterocycles. The van der Waals surface area contributed by atoms with Gasteiger partial charge < -0.3 is 16.4 Å². The second kappa shape index (κ2) is 8.64. The largest absolute Gasteiger partial charge is 0.382 e. The third-order valence-corrected chi connectivity index (χ3v) is 4.77. The Bertz CT molecular complexity index is 1290. The summed E-state index contributed by atoms with van der Waals surface area (Å²) in [5, 5.41) is 9.89.